The van der Waals surface area contributed by atoms with E-state index in [9.17, 15) is 9.90 Å². The largest absolute Gasteiger partial charge is 0.481 e. The number of benzene rings is 1. The number of carboxylic acids is 1. The molecule has 3 rings (SSSR count). The second-order valence-electron chi connectivity index (χ2n) is 15.1. The average molecular weight is 612 g/mol. The van der Waals surface area contributed by atoms with Gasteiger partial charge in [-0.25, -0.2) is 4.39 Å². The zero-order valence-corrected chi connectivity index (χ0v) is 29.2. The molecule has 0 spiro atoms. The van der Waals surface area contributed by atoms with E-state index >= 15 is 4.39 Å². The minimum atomic E-state index is -0.616. The molecule has 6 heteroatoms. The molecule has 2 heterocycles. The quantitative estimate of drug-likeness (QED) is 0.202. The summed E-state index contributed by atoms with van der Waals surface area (Å²) in [5, 5.41) is 10.3. The van der Waals surface area contributed by atoms with Crippen LogP contribution in [0.5, 0.6) is 0 Å². The molecule has 0 amide bonds. The molecule has 2 aliphatic rings. The first kappa shape index (κ1) is 36.3. The molecule has 0 aromatic heterocycles. The number of likely N-dealkylation sites (N-methyl/N-ethyl adjacent to an activating group) is 1. The first-order valence-corrected chi connectivity index (χ1v) is 17.6. The molecule has 0 radical (unpaired) electrons. The summed E-state index contributed by atoms with van der Waals surface area (Å²) in [6.07, 6.45) is 12.5. The number of rotatable bonds is 16. The lowest BCUT2D eigenvalue weighted by molar-refractivity contribution is -0.152. The highest BCUT2D eigenvalue weighted by Crippen LogP contribution is 2.45. The van der Waals surface area contributed by atoms with Crippen LogP contribution >= 0.6 is 0 Å². The minimum absolute atomic E-state index is 0.0681. The maximum Gasteiger partial charge on any atom is 0.309 e. The van der Waals surface area contributed by atoms with E-state index in [1.807, 2.05) is 18.3 Å². The third-order valence-corrected chi connectivity index (χ3v) is 10.8. The number of anilines is 1. The summed E-state index contributed by atoms with van der Waals surface area (Å²) >= 11 is 0. The molecule has 1 N–H and O–H groups in total. The average Bonchev–Trinajstić information content (AvgIpc) is 2.99. The van der Waals surface area contributed by atoms with Gasteiger partial charge in [0.1, 0.15) is 5.82 Å². The molecule has 1 saturated heterocycles. The van der Waals surface area contributed by atoms with Crippen LogP contribution in [0.3, 0.4) is 0 Å². The standard InChI is InChI=1S/C38H62FN3O2/c1-9-12-18-38(11-3,36(43)44)26-31(37(5,6)7)23-28(4)14-13-15-29-24-30(10-2)35(40-27-29)33-25-32(16-17-34(33)39)42-21-19-41(8)20-22-42/h16-17,25,27-28,30-31H,9-15,18-24,26H2,1-8H3,(H,43,44)/t28?,30?,31?,38-/m1/s1. The van der Waals surface area contributed by atoms with Crippen LogP contribution in [0.25, 0.3) is 0 Å². The lowest BCUT2D eigenvalue weighted by Gasteiger charge is -2.40. The molecular formula is C38H62FN3O2. The van der Waals surface area contributed by atoms with E-state index in [-0.39, 0.29) is 17.2 Å². The number of piperazine rings is 1. The van der Waals surface area contributed by atoms with Crippen LogP contribution in [0.15, 0.2) is 35.0 Å². The Morgan fingerprint density at radius 3 is 2.41 bits per heavy atom. The summed E-state index contributed by atoms with van der Waals surface area (Å²) in [4.78, 5) is 22.1. The summed E-state index contributed by atoms with van der Waals surface area (Å²) in [6, 6.07) is 5.55. The van der Waals surface area contributed by atoms with Crippen molar-refractivity contribution in [1.82, 2.24) is 4.90 Å². The van der Waals surface area contributed by atoms with Crippen LogP contribution in [-0.4, -0.2) is 54.9 Å². The second-order valence-corrected chi connectivity index (χ2v) is 15.1. The number of unbranched alkanes of at least 4 members (excludes halogenated alkanes) is 1. The maximum atomic E-state index is 15.1. The summed E-state index contributed by atoms with van der Waals surface area (Å²) in [5.74, 6) is 0.342. The lowest BCUT2D eigenvalue weighted by Crippen LogP contribution is -2.44. The van der Waals surface area contributed by atoms with Gasteiger partial charge in [0.15, 0.2) is 0 Å². The van der Waals surface area contributed by atoms with Crippen molar-refractivity contribution < 1.29 is 14.3 Å². The number of halogens is 1. The Bertz CT molecular complexity index is 1130. The maximum absolute atomic E-state index is 15.1. The van der Waals surface area contributed by atoms with Gasteiger partial charge >= 0.3 is 5.97 Å². The molecule has 1 aromatic rings. The molecule has 1 aromatic carbocycles. The van der Waals surface area contributed by atoms with Crippen LogP contribution in [0.4, 0.5) is 10.1 Å². The van der Waals surface area contributed by atoms with E-state index in [0.717, 1.165) is 102 Å². The number of hydrogen-bond donors (Lipinski definition) is 1. The Labute approximate surface area is 268 Å². The smallest absolute Gasteiger partial charge is 0.309 e. The minimum Gasteiger partial charge on any atom is -0.481 e. The third-order valence-electron chi connectivity index (χ3n) is 10.8. The number of aliphatic imine (C=N–C) groups is 1. The van der Waals surface area contributed by atoms with Crippen LogP contribution < -0.4 is 4.90 Å². The summed E-state index contributed by atoms with van der Waals surface area (Å²) < 4.78 is 15.1. The fraction of sp³-hybridized carbons (Fsp3) is 0.737. The van der Waals surface area contributed by atoms with Gasteiger partial charge in [0.05, 0.1) is 11.1 Å². The highest BCUT2D eigenvalue weighted by atomic mass is 19.1. The summed E-state index contributed by atoms with van der Waals surface area (Å²) in [5.41, 5.74) is 3.47. The van der Waals surface area contributed by atoms with Crippen LogP contribution in [-0.2, 0) is 4.79 Å². The summed E-state index contributed by atoms with van der Waals surface area (Å²) in [7, 11) is 2.15. The van der Waals surface area contributed by atoms with Gasteiger partial charge in [-0.2, -0.15) is 0 Å². The molecule has 0 bridgehead atoms. The predicted molar refractivity (Wildman–Crippen MR) is 184 cm³/mol. The molecule has 44 heavy (non-hydrogen) atoms. The highest BCUT2D eigenvalue weighted by Gasteiger charge is 2.41. The third kappa shape index (κ3) is 9.64. The molecule has 5 nitrogen and oxygen atoms in total. The van der Waals surface area contributed by atoms with E-state index in [2.05, 4.69) is 65.3 Å². The molecule has 4 atom stereocenters. The van der Waals surface area contributed by atoms with Gasteiger partial charge in [-0.15, -0.1) is 0 Å². The van der Waals surface area contributed by atoms with Gasteiger partial charge in [-0.05, 0) is 93.9 Å². The number of allylic oxidation sites excluding steroid dienone is 1. The number of hydrogen-bond acceptors (Lipinski definition) is 4. The summed E-state index contributed by atoms with van der Waals surface area (Å²) in [6.45, 7) is 19.5. The van der Waals surface area contributed by atoms with Crippen molar-refractivity contribution in [2.24, 2.45) is 33.6 Å². The molecular weight excluding hydrogens is 549 g/mol. The molecule has 3 unspecified atom stereocenters. The van der Waals surface area contributed by atoms with Gasteiger partial charge in [0.2, 0.25) is 0 Å². The van der Waals surface area contributed by atoms with E-state index in [4.69, 9.17) is 4.99 Å². The lowest BCUT2D eigenvalue weighted by atomic mass is 9.64. The fourth-order valence-electron chi connectivity index (χ4n) is 7.28. The van der Waals surface area contributed by atoms with Crippen molar-refractivity contribution in [3.8, 4) is 0 Å². The van der Waals surface area contributed by atoms with E-state index < -0.39 is 11.4 Å². The van der Waals surface area contributed by atoms with Crippen molar-refractivity contribution in [3.63, 3.8) is 0 Å². The number of aliphatic carboxylic acids is 1. The number of carbonyl (C=O) groups is 1. The van der Waals surface area contributed by atoms with E-state index in [0.29, 0.717) is 23.8 Å². The Morgan fingerprint density at radius 2 is 1.82 bits per heavy atom. The fourth-order valence-corrected chi connectivity index (χ4v) is 7.28. The van der Waals surface area contributed by atoms with Gasteiger partial charge < -0.3 is 14.9 Å². The van der Waals surface area contributed by atoms with Crippen LogP contribution in [0.1, 0.15) is 125 Å². The van der Waals surface area contributed by atoms with Gasteiger partial charge in [-0.3, -0.25) is 9.79 Å². The monoisotopic (exact) mass is 611 g/mol. The SMILES string of the molecule is CCCC[C@](CC)(CC(CC(C)CCCC1=CN=C(c2cc(N3CCN(C)CC3)ccc2F)C(CC)C1)C(C)(C)C)C(=O)O. The van der Waals surface area contributed by atoms with Crippen molar-refractivity contribution in [2.75, 3.05) is 38.1 Å². The van der Waals surface area contributed by atoms with Gasteiger partial charge in [0.25, 0.3) is 0 Å². The molecule has 1 fully saturated rings. The predicted octanol–water partition coefficient (Wildman–Crippen LogP) is 9.60. The van der Waals surface area contributed by atoms with E-state index in [1.165, 1.54) is 5.57 Å². The second kappa shape index (κ2) is 16.4. The van der Waals surface area contributed by atoms with Crippen molar-refractivity contribution in [3.05, 3.63) is 41.4 Å². The Balaban J connectivity index is 1.64. The molecule has 0 aliphatic carbocycles. The van der Waals surface area contributed by atoms with Gasteiger partial charge in [-0.1, -0.05) is 73.3 Å². The zero-order valence-electron chi connectivity index (χ0n) is 29.2. The Morgan fingerprint density at radius 1 is 1.11 bits per heavy atom. The number of nitrogens with zero attached hydrogens (tertiary/aromatic N) is 3. The van der Waals surface area contributed by atoms with Crippen LogP contribution in [0.2, 0.25) is 0 Å². The molecule has 2 aliphatic heterocycles. The zero-order chi connectivity index (χ0) is 32.5. The first-order chi connectivity index (χ1) is 20.8. The molecule has 248 valence electrons. The van der Waals surface area contributed by atoms with Crippen molar-refractivity contribution >= 4 is 17.4 Å². The Kier molecular flexibility index (Phi) is 13.5. The van der Waals surface area contributed by atoms with Crippen molar-refractivity contribution in [1.29, 1.82) is 0 Å². The number of carboxylic acid groups (broad SMARTS) is 1. The normalized spacial score (nSPS) is 20.9. The molecule has 0 saturated carbocycles. The van der Waals surface area contributed by atoms with Crippen molar-refractivity contribution in [2.45, 2.75) is 119 Å². The van der Waals surface area contributed by atoms with Gasteiger partial charge in [0, 0.05) is 49.5 Å². The Hall–Kier alpha value is -2.21. The topological polar surface area (TPSA) is 56.1 Å². The highest BCUT2D eigenvalue weighted by molar-refractivity contribution is 6.04. The van der Waals surface area contributed by atoms with Crippen LogP contribution in [0, 0.1) is 34.4 Å². The first-order valence-electron chi connectivity index (χ1n) is 17.6. The van der Waals surface area contributed by atoms with E-state index in [1.54, 1.807) is 6.07 Å².